The fraction of sp³-hybridized carbons (Fsp3) is 0.379. The van der Waals surface area contributed by atoms with Gasteiger partial charge in [0.05, 0.1) is 11.3 Å². The van der Waals surface area contributed by atoms with Gasteiger partial charge in [0.15, 0.2) is 5.60 Å². The third-order valence-electron chi connectivity index (χ3n) is 6.95. The van der Waals surface area contributed by atoms with Crippen LogP contribution >= 0.6 is 0 Å². The van der Waals surface area contributed by atoms with Gasteiger partial charge >= 0.3 is 18.2 Å². The Hall–Kier alpha value is -3.59. The first-order valence-electron chi connectivity index (χ1n) is 12.6. The number of esters is 1. The Labute approximate surface area is 220 Å². The lowest BCUT2D eigenvalue weighted by atomic mass is 9.88. The summed E-state index contributed by atoms with van der Waals surface area (Å²) < 4.78 is 51.2. The summed E-state index contributed by atoms with van der Waals surface area (Å²) in [6, 6.07) is 11.9. The van der Waals surface area contributed by atoms with Crippen molar-refractivity contribution >= 4 is 17.6 Å². The lowest BCUT2D eigenvalue weighted by Crippen LogP contribution is -2.45. The number of rotatable bonds is 7. The molecule has 4 rings (SSSR count). The number of benzene rings is 2. The van der Waals surface area contributed by atoms with Crippen LogP contribution in [0.3, 0.4) is 0 Å². The van der Waals surface area contributed by atoms with Crippen LogP contribution in [0.4, 0.5) is 18.0 Å². The summed E-state index contributed by atoms with van der Waals surface area (Å²) in [4.78, 5) is 27.4. The van der Waals surface area contributed by atoms with E-state index in [1.54, 1.807) is 35.2 Å². The molecule has 1 amide bonds. The van der Waals surface area contributed by atoms with E-state index in [0.29, 0.717) is 67.2 Å². The van der Waals surface area contributed by atoms with E-state index >= 15 is 0 Å². The van der Waals surface area contributed by atoms with E-state index in [0.717, 1.165) is 18.6 Å². The summed E-state index contributed by atoms with van der Waals surface area (Å²) in [5.41, 5.74) is 1.05. The first-order chi connectivity index (χ1) is 18.0. The van der Waals surface area contributed by atoms with E-state index in [1.165, 1.54) is 13.0 Å². The van der Waals surface area contributed by atoms with Gasteiger partial charge in [-0.15, -0.1) is 0 Å². The van der Waals surface area contributed by atoms with Gasteiger partial charge in [0, 0.05) is 45.9 Å². The van der Waals surface area contributed by atoms with Gasteiger partial charge in [-0.05, 0) is 47.4 Å². The highest BCUT2D eigenvalue weighted by Crippen LogP contribution is 2.41. The number of carbonyl (C=O) groups is 2. The second kappa shape index (κ2) is 11.0. The predicted molar refractivity (Wildman–Crippen MR) is 137 cm³/mol. The number of hydrogen-bond donors (Lipinski definition) is 0. The van der Waals surface area contributed by atoms with Crippen molar-refractivity contribution in [3.05, 3.63) is 83.6 Å². The maximum atomic E-state index is 13.4. The first kappa shape index (κ1) is 27.4. The fourth-order valence-electron chi connectivity index (χ4n) is 4.93. The van der Waals surface area contributed by atoms with Gasteiger partial charge in [-0.2, -0.15) is 13.2 Å². The first-order valence-corrected chi connectivity index (χ1v) is 12.6. The zero-order valence-electron chi connectivity index (χ0n) is 21.5. The molecule has 6 nitrogen and oxygen atoms in total. The summed E-state index contributed by atoms with van der Waals surface area (Å²) in [6.07, 6.45) is -0.902. The van der Waals surface area contributed by atoms with Gasteiger partial charge in [-0.3, -0.25) is 14.6 Å². The number of amides is 1. The smallest absolute Gasteiger partial charge is 0.416 e. The quantitative estimate of drug-likeness (QED) is 0.313. The van der Waals surface area contributed by atoms with Crippen molar-refractivity contribution in [2.24, 2.45) is 0 Å². The Morgan fingerprint density at radius 3 is 2.42 bits per heavy atom. The molecular formula is C29H31F3N2O4. The third kappa shape index (κ3) is 5.93. The molecule has 202 valence electrons. The predicted octanol–water partition coefficient (Wildman–Crippen LogP) is 6.27. The Morgan fingerprint density at radius 2 is 1.82 bits per heavy atom. The van der Waals surface area contributed by atoms with E-state index in [2.05, 4.69) is 11.5 Å². The minimum atomic E-state index is -4.46. The molecule has 2 aromatic rings. The molecule has 0 unspecified atom stereocenters. The van der Waals surface area contributed by atoms with Crippen molar-refractivity contribution in [3.8, 4) is 5.75 Å². The largest absolute Gasteiger partial charge is 0.436 e. The van der Waals surface area contributed by atoms with Crippen LogP contribution in [-0.2, 0) is 15.7 Å². The molecule has 0 atom stereocenters. The van der Waals surface area contributed by atoms with Crippen LogP contribution in [0.25, 0.3) is 5.57 Å². The van der Waals surface area contributed by atoms with Gasteiger partial charge in [0.1, 0.15) is 5.75 Å². The number of halogens is 3. The molecule has 0 saturated carbocycles. The molecule has 2 aliphatic rings. The highest BCUT2D eigenvalue weighted by Gasteiger charge is 2.50. The summed E-state index contributed by atoms with van der Waals surface area (Å²) in [6.45, 7) is 9.78. The lowest BCUT2D eigenvalue weighted by molar-refractivity contribution is -0.137. The van der Waals surface area contributed by atoms with E-state index in [-0.39, 0.29) is 6.09 Å². The van der Waals surface area contributed by atoms with Crippen molar-refractivity contribution in [2.45, 2.75) is 44.9 Å². The topological polar surface area (TPSA) is 59.1 Å². The monoisotopic (exact) mass is 528 g/mol. The van der Waals surface area contributed by atoms with Gasteiger partial charge in [0.25, 0.3) is 0 Å². The van der Waals surface area contributed by atoms with Crippen LogP contribution in [0.1, 0.15) is 49.8 Å². The molecule has 2 fully saturated rings. The summed E-state index contributed by atoms with van der Waals surface area (Å²) in [7, 11) is 0. The summed E-state index contributed by atoms with van der Waals surface area (Å²) >= 11 is 0. The Kier molecular flexibility index (Phi) is 7.97. The molecule has 2 aliphatic heterocycles. The van der Waals surface area contributed by atoms with E-state index in [1.807, 2.05) is 13.0 Å². The number of hydrogen-bond acceptors (Lipinski definition) is 5. The number of ether oxygens (including phenoxy) is 2. The zero-order chi connectivity index (χ0) is 27.5. The molecule has 2 heterocycles. The Morgan fingerprint density at radius 1 is 1.13 bits per heavy atom. The molecule has 0 aromatic heterocycles. The third-order valence-corrected chi connectivity index (χ3v) is 6.95. The maximum absolute atomic E-state index is 13.4. The number of nitrogens with zero attached hydrogens (tertiary/aromatic N) is 2. The molecule has 2 saturated heterocycles. The second-order valence-electron chi connectivity index (χ2n) is 9.58. The second-order valence-corrected chi connectivity index (χ2v) is 9.58. The zero-order valence-corrected chi connectivity index (χ0v) is 21.5. The standard InChI is InChI=1S/C29H31F3N2O4/c1-4-15-34-20(2)28(38-27(34)36)13-17-33(18-14-28)16-12-26(22-8-10-25(11-9-22)37-21(3)35)23-6-5-7-24(19-23)29(30,31)32/h5-12,19H,2,4,13-18H2,1,3H3/b26-12+. The van der Waals surface area contributed by atoms with Crippen molar-refractivity contribution in [1.29, 1.82) is 0 Å². The van der Waals surface area contributed by atoms with Gasteiger partial charge < -0.3 is 9.47 Å². The van der Waals surface area contributed by atoms with Crippen LogP contribution < -0.4 is 4.74 Å². The molecule has 2 aromatic carbocycles. The van der Waals surface area contributed by atoms with E-state index in [4.69, 9.17) is 9.47 Å². The number of likely N-dealkylation sites (tertiary alicyclic amines) is 1. The molecular weight excluding hydrogens is 497 g/mol. The molecule has 0 N–H and O–H groups in total. The normalized spacial score (nSPS) is 18.1. The van der Waals surface area contributed by atoms with Crippen LogP contribution in [0, 0.1) is 0 Å². The minimum absolute atomic E-state index is 0.353. The van der Waals surface area contributed by atoms with Gasteiger partial charge in [-0.1, -0.05) is 43.8 Å². The van der Waals surface area contributed by atoms with Crippen molar-refractivity contribution in [2.75, 3.05) is 26.2 Å². The van der Waals surface area contributed by atoms with Crippen LogP contribution in [0.2, 0.25) is 0 Å². The van der Waals surface area contributed by atoms with Crippen LogP contribution in [0.15, 0.2) is 66.9 Å². The van der Waals surface area contributed by atoms with E-state index in [9.17, 15) is 22.8 Å². The van der Waals surface area contributed by atoms with Crippen molar-refractivity contribution in [3.63, 3.8) is 0 Å². The average molecular weight is 529 g/mol. The van der Waals surface area contributed by atoms with E-state index < -0.39 is 23.3 Å². The molecule has 9 heteroatoms. The van der Waals surface area contributed by atoms with Gasteiger partial charge in [-0.25, -0.2) is 4.79 Å². The number of piperidine rings is 1. The highest BCUT2D eigenvalue weighted by atomic mass is 19.4. The van der Waals surface area contributed by atoms with Crippen LogP contribution in [0.5, 0.6) is 5.75 Å². The Balaban J connectivity index is 1.55. The number of carbonyl (C=O) groups excluding carboxylic acids is 2. The molecule has 38 heavy (non-hydrogen) atoms. The Bertz CT molecular complexity index is 1230. The minimum Gasteiger partial charge on any atom is -0.436 e. The van der Waals surface area contributed by atoms with Crippen molar-refractivity contribution < 1.29 is 32.2 Å². The number of alkyl halides is 3. The maximum Gasteiger partial charge on any atom is 0.416 e. The SMILES string of the molecule is C=C1N(CCC)C(=O)OC12CCN(C/C=C(\c1ccc(OC(C)=O)cc1)c1cccc(C(F)(F)F)c1)CC2. The molecule has 0 radical (unpaired) electrons. The van der Waals surface area contributed by atoms with Gasteiger partial charge in [0.2, 0.25) is 0 Å². The molecule has 1 spiro atoms. The van der Waals surface area contributed by atoms with Crippen molar-refractivity contribution in [1.82, 2.24) is 9.80 Å². The lowest BCUT2D eigenvalue weighted by Gasteiger charge is -2.37. The highest BCUT2D eigenvalue weighted by molar-refractivity contribution is 5.81. The average Bonchev–Trinajstić information content (AvgIpc) is 3.10. The molecule has 0 aliphatic carbocycles. The van der Waals surface area contributed by atoms with Crippen LogP contribution in [-0.4, -0.2) is 53.6 Å². The fourth-order valence-corrected chi connectivity index (χ4v) is 4.93. The summed E-state index contributed by atoms with van der Waals surface area (Å²) in [5.74, 6) is -0.0999. The summed E-state index contributed by atoms with van der Waals surface area (Å²) in [5, 5.41) is 0. The molecule has 0 bridgehead atoms.